The van der Waals surface area contributed by atoms with Crippen LogP contribution < -0.4 is 5.73 Å². The molecule has 2 heterocycles. The van der Waals surface area contributed by atoms with Crippen LogP contribution in [0.1, 0.15) is 5.56 Å². The molecule has 0 aliphatic heterocycles. The summed E-state index contributed by atoms with van der Waals surface area (Å²) in [5.74, 6) is 0.567. The summed E-state index contributed by atoms with van der Waals surface area (Å²) < 4.78 is 6.17. The molecule has 16 heavy (non-hydrogen) atoms. The van der Waals surface area contributed by atoms with Crippen molar-refractivity contribution >= 4 is 28.3 Å². The van der Waals surface area contributed by atoms with Gasteiger partial charge in [0.05, 0.1) is 5.52 Å². The first kappa shape index (κ1) is 9.35. The van der Waals surface area contributed by atoms with E-state index in [0.29, 0.717) is 5.82 Å². The number of hydrogen-bond donors (Lipinski definition) is 1. The van der Waals surface area contributed by atoms with Gasteiger partial charge in [0.2, 0.25) is 0 Å². The second-order valence-corrected chi connectivity index (χ2v) is 4.40. The Morgan fingerprint density at radius 3 is 2.88 bits per heavy atom. The highest BCUT2D eigenvalue weighted by Gasteiger charge is 2.09. The number of fused-ring (bicyclic) bond motifs is 1. The average Bonchev–Trinajstić information content (AvgIpc) is 2.83. The lowest BCUT2D eigenvalue weighted by molar-refractivity contribution is 0.908. The molecule has 0 saturated heterocycles. The maximum Gasteiger partial charge on any atom is 0.148 e. The third-order valence-electron chi connectivity index (χ3n) is 2.51. The molecule has 0 aliphatic carbocycles. The summed E-state index contributed by atoms with van der Waals surface area (Å²) in [6, 6.07) is 8.02. The number of benzene rings is 1. The number of aryl methyl sites for hydroxylation is 1. The minimum atomic E-state index is 0.567. The maximum atomic E-state index is 5.74. The smallest absolute Gasteiger partial charge is 0.148 e. The average molecular weight is 230 g/mol. The van der Waals surface area contributed by atoms with E-state index in [2.05, 4.69) is 9.47 Å². The van der Waals surface area contributed by atoms with E-state index in [-0.39, 0.29) is 0 Å². The summed E-state index contributed by atoms with van der Waals surface area (Å²) in [5.41, 5.74) is 7.72. The van der Waals surface area contributed by atoms with Crippen LogP contribution in [0.3, 0.4) is 0 Å². The Morgan fingerprint density at radius 2 is 2.12 bits per heavy atom. The number of rotatable bonds is 1. The van der Waals surface area contributed by atoms with E-state index in [0.717, 1.165) is 21.5 Å². The van der Waals surface area contributed by atoms with Crippen molar-refractivity contribution in [1.29, 1.82) is 0 Å². The molecule has 0 bridgehead atoms. The zero-order chi connectivity index (χ0) is 11.1. The first-order valence-corrected chi connectivity index (χ1v) is 5.69. The Hall–Kier alpha value is -1.88. The van der Waals surface area contributed by atoms with E-state index in [4.69, 9.17) is 5.73 Å². The van der Waals surface area contributed by atoms with Gasteiger partial charge >= 0.3 is 0 Å². The summed E-state index contributed by atoms with van der Waals surface area (Å²) in [6.45, 7) is 1.95. The Kier molecular flexibility index (Phi) is 1.94. The molecule has 0 aliphatic rings. The molecule has 3 rings (SSSR count). The molecule has 3 aromatic rings. The van der Waals surface area contributed by atoms with E-state index in [9.17, 15) is 0 Å². The largest absolute Gasteiger partial charge is 0.382 e. The predicted molar refractivity (Wildman–Crippen MR) is 65.9 cm³/mol. The fourth-order valence-corrected chi connectivity index (χ4v) is 2.41. The van der Waals surface area contributed by atoms with Gasteiger partial charge in [-0.15, -0.1) is 5.10 Å². The summed E-state index contributed by atoms with van der Waals surface area (Å²) in [4.78, 5) is 0. The van der Waals surface area contributed by atoms with Crippen molar-refractivity contribution in [3.05, 3.63) is 36.0 Å². The lowest BCUT2D eigenvalue weighted by Crippen LogP contribution is -1.93. The second kappa shape index (κ2) is 3.31. The molecule has 4 nitrogen and oxygen atoms in total. The van der Waals surface area contributed by atoms with Crippen molar-refractivity contribution in [2.24, 2.45) is 0 Å². The Labute approximate surface area is 96.5 Å². The van der Waals surface area contributed by atoms with Crippen LogP contribution >= 0.6 is 11.5 Å². The fourth-order valence-electron chi connectivity index (χ4n) is 1.62. The van der Waals surface area contributed by atoms with E-state index < -0.39 is 0 Å². The molecule has 80 valence electrons. The first-order chi connectivity index (χ1) is 7.75. The van der Waals surface area contributed by atoms with Crippen molar-refractivity contribution in [3.63, 3.8) is 0 Å². The quantitative estimate of drug-likeness (QED) is 0.698. The van der Waals surface area contributed by atoms with Crippen molar-refractivity contribution in [3.8, 4) is 5.00 Å². The van der Waals surface area contributed by atoms with Crippen LogP contribution in [0.4, 0.5) is 5.82 Å². The Bertz CT molecular complexity index is 633. The highest BCUT2D eigenvalue weighted by atomic mass is 32.1. The number of nitrogens with two attached hydrogens (primary N) is 1. The third kappa shape index (κ3) is 1.29. The second-order valence-electron chi connectivity index (χ2n) is 3.65. The van der Waals surface area contributed by atoms with Crippen LogP contribution in [0.15, 0.2) is 30.5 Å². The lowest BCUT2D eigenvalue weighted by atomic mass is 10.2. The maximum absolute atomic E-state index is 5.74. The molecule has 2 N–H and O–H groups in total. The number of nitrogen functional groups attached to an aromatic ring is 1. The fraction of sp³-hybridized carbons (Fsp3) is 0.0909. The van der Waals surface area contributed by atoms with Crippen LogP contribution in [0.25, 0.3) is 15.9 Å². The SMILES string of the molecule is Cc1cn(-c2snc3ccccc23)nc1N. The highest BCUT2D eigenvalue weighted by Crippen LogP contribution is 2.26. The number of nitrogens with zero attached hydrogens (tertiary/aromatic N) is 3. The molecule has 0 atom stereocenters. The van der Waals surface area contributed by atoms with E-state index >= 15 is 0 Å². The van der Waals surface area contributed by atoms with Crippen molar-refractivity contribution in [1.82, 2.24) is 14.2 Å². The van der Waals surface area contributed by atoms with Gasteiger partial charge < -0.3 is 5.73 Å². The highest BCUT2D eigenvalue weighted by molar-refractivity contribution is 7.10. The number of aromatic nitrogens is 3. The topological polar surface area (TPSA) is 56.7 Å². The van der Waals surface area contributed by atoms with Crippen molar-refractivity contribution in [2.75, 3.05) is 5.73 Å². The molecule has 2 aromatic heterocycles. The number of anilines is 1. The monoisotopic (exact) mass is 230 g/mol. The Morgan fingerprint density at radius 1 is 1.31 bits per heavy atom. The van der Waals surface area contributed by atoms with Gasteiger partial charge in [0.15, 0.2) is 0 Å². The third-order valence-corrected chi connectivity index (χ3v) is 3.38. The van der Waals surface area contributed by atoms with Gasteiger partial charge in [0.25, 0.3) is 0 Å². The summed E-state index contributed by atoms with van der Waals surface area (Å²) in [6.07, 6.45) is 1.93. The summed E-state index contributed by atoms with van der Waals surface area (Å²) >= 11 is 1.43. The van der Waals surface area contributed by atoms with Gasteiger partial charge in [-0.25, -0.2) is 4.68 Å². The lowest BCUT2D eigenvalue weighted by Gasteiger charge is -1.95. The predicted octanol–water partition coefficient (Wildman–Crippen LogP) is 2.37. The van der Waals surface area contributed by atoms with Gasteiger partial charge in [-0.2, -0.15) is 4.37 Å². The van der Waals surface area contributed by atoms with E-state index in [1.807, 2.05) is 37.4 Å². The first-order valence-electron chi connectivity index (χ1n) is 4.92. The van der Waals surface area contributed by atoms with Crippen LogP contribution in [0, 0.1) is 6.92 Å². The van der Waals surface area contributed by atoms with Gasteiger partial charge in [0, 0.05) is 17.1 Å². The van der Waals surface area contributed by atoms with Crippen LogP contribution in [0.5, 0.6) is 0 Å². The van der Waals surface area contributed by atoms with Crippen LogP contribution in [-0.2, 0) is 0 Å². The molecular weight excluding hydrogens is 220 g/mol. The van der Waals surface area contributed by atoms with Crippen molar-refractivity contribution in [2.45, 2.75) is 6.92 Å². The minimum absolute atomic E-state index is 0.567. The van der Waals surface area contributed by atoms with Gasteiger partial charge in [-0.1, -0.05) is 12.1 Å². The molecule has 0 spiro atoms. The molecule has 1 aromatic carbocycles. The molecule has 0 saturated carbocycles. The molecule has 0 radical (unpaired) electrons. The Balaban J connectivity index is 2.26. The molecule has 0 fully saturated rings. The molecule has 0 amide bonds. The van der Waals surface area contributed by atoms with Gasteiger partial charge in [0.1, 0.15) is 10.8 Å². The normalized spacial score (nSPS) is 11.1. The standard InChI is InChI=1S/C11H10N4S/c1-7-6-15(13-10(7)12)11-8-4-2-3-5-9(8)14-16-11/h2-6H,1H3,(H2,12,13). The number of hydrogen-bond acceptors (Lipinski definition) is 4. The minimum Gasteiger partial charge on any atom is -0.382 e. The van der Waals surface area contributed by atoms with E-state index in [1.165, 1.54) is 11.5 Å². The van der Waals surface area contributed by atoms with E-state index in [1.54, 1.807) is 4.68 Å². The van der Waals surface area contributed by atoms with Crippen LogP contribution in [0.2, 0.25) is 0 Å². The summed E-state index contributed by atoms with van der Waals surface area (Å²) in [5, 5.41) is 6.38. The molecular formula is C11H10N4S. The molecule has 0 unspecified atom stereocenters. The zero-order valence-corrected chi connectivity index (χ0v) is 9.53. The molecule has 5 heteroatoms. The summed E-state index contributed by atoms with van der Waals surface area (Å²) in [7, 11) is 0. The van der Waals surface area contributed by atoms with Gasteiger partial charge in [-0.3, -0.25) is 0 Å². The van der Waals surface area contributed by atoms with Crippen molar-refractivity contribution < 1.29 is 0 Å². The van der Waals surface area contributed by atoms with Gasteiger partial charge in [-0.05, 0) is 30.6 Å². The zero-order valence-electron chi connectivity index (χ0n) is 8.71. The van der Waals surface area contributed by atoms with Crippen LogP contribution in [-0.4, -0.2) is 14.2 Å².